The maximum absolute atomic E-state index is 12.2. The van der Waals surface area contributed by atoms with Gasteiger partial charge in [0.15, 0.2) is 6.29 Å². The number of aryl methyl sites for hydroxylation is 2. The molecule has 0 amide bonds. The minimum Gasteiger partial charge on any atom is -0.466 e. The van der Waals surface area contributed by atoms with Crippen molar-refractivity contribution in [3.8, 4) is 0 Å². The number of esters is 2. The molecule has 1 aromatic heterocycles. The zero-order valence-electron chi connectivity index (χ0n) is 32.9. The molecule has 0 N–H and O–H groups in total. The van der Waals surface area contributed by atoms with Gasteiger partial charge in [0.2, 0.25) is 0 Å². The molecular formula is C42H72N2O6. The second kappa shape index (κ2) is 26.3. The molecule has 0 saturated carbocycles. The highest BCUT2D eigenvalue weighted by Crippen LogP contribution is 2.31. The Morgan fingerprint density at radius 3 is 1.78 bits per heavy atom. The van der Waals surface area contributed by atoms with E-state index in [0.29, 0.717) is 37.9 Å². The van der Waals surface area contributed by atoms with Gasteiger partial charge in [-0.05, 0) is 111 Å². The first-order chi connectivity index (χ1) is 24.0. The third-order valence-electron chi connectivity index (χ3n) is 9.50. The van der Waals surface area contributed by atoms with Gasteiger partial charge in [-0.25, -0.2) is 4.98 Å². The third kappa shape index (κ3) is 22.4. The number of carbonyl (C=O) groups excluding carboxylic acids is 2. The fourth-order valence-electron chi connectivity index (χ4n) is 6.26. The molecule has 1 saturated heterocycles. The lowest BCUT2D eigenvalue weighted by molar-refractivity contribution is -0.145. The average molecular weight is 701 g/mol. The first-order valence-corrected chi connectivity index (χ1v) is 19.9. The Morgan fingerprint density at radius 1 is 0.780 bits per heavy atom. The minimum absolute atomic E-state index is 0.0687. The molecule has 1 fully saturated rings. The van der Waals surface area contributed by atoms with Crippen LogP contribution < -0.4 is 0 Å². The van der Waals surface area contributed by atoms with Crippen LogP contribution in [0.3, 0.4) is 0 Å². The zero-order valence-corrected chi connectivity index (χ0v) is 32.9. The maximum Gasteiger partial charge on any atom is 0.306 e. The standard InChI is InChI=1S/C42H72N2O6/c1-33(2)19-16-21-35(5)31-40(45)47-29-14-10-8-12-23-38(49-42-39(50-42)25-18-27-44-28-26-43-37(44)7)24-13-9-11-15-30-48-41(46)32-36(6)22-17-20-34(3)4/h19-20,26,28,35-36,38-39,42H,8-18,21-25,27,29-32H2,1-7H3. The Bertz CT molecular complexity index is 1060. The van der Waals surface area contributed by atoms with Crippen molar-refractivity contribution >= 4 is 11.9 Å². The van der Waals surface area contributed by atoms with Gasteiger partial charge in [0.1, 0.15) is 11.9 Å². The van der Waals surface area contributed by atoms with Gasteiger partial charge >= 0.3 is 11.9 Å². The van der Waals surface area contributed by atoms with Gasteiger partial charge in [-0.15, -0.1) is 0 Å². The molecule has 0 radical (unpaired) electrons. The van der Waals surface area contributed by atoms with Crippen molar-refractivity contribution in [2.75, 3.05) is 13.2 Å². The molecule has 2 rings (SSSR count). The number of hydrogen-bond donors (Lipinski definition) is 0. The number of nitrogens with zero attached hydrogens (tertiary/aromatic N) is 2. The minimum atomic E-state index is -0.0865. The lowest BCUT2D eigenvalue weighted by Crippen LogP contribution is -2.17. The Kier molecular flexibility index (Phi) is 23.0. The highest BCUT2D eigenvalue weighted by molar-refractivity contribution is 5.69. The number of allylic oxidation sites excluding steroid dienone is 4. The molecule has 0 aromatic carbocycles. The summed E-state index contributed by atoms with van der Waals surface area (Å²) in [5.74, 6) is 1.61. The van der Waals surface area contributed by atoms with Crippen LogP contribution in [-0.4, -0.2) is 53.2 Å². The summed E-state index contributed by atoms with van der Waals surface area (Å²) < 4.78 is 25.6. The topological polar surface area (TPSA) is 92.2 Å². The highest BCUT2D eigenvalue weighted by atomic mass is 16.8. The van der Waals surface area contributed by atoms with Gasteiger partial charge in [0.05, 0.1) is 19.3 Å². The van der Waals surface area contributed by atoms with Gasteiger partial charge in [-0.2, -0.15) is 0 Å². The van der Waals surface area contributed by atoms with Crippen LogP contribution in [-0.2, 0) is 35.1 Å². The van der Waals surface area contributed by atoms with E-state index < -0.39 is 0 Å². The van der Waals surface area contributed by atoms with Crippen LogP contribution in [0, 0.1) is 18.8 Å². The van der Waals surface area contributed by atoms with Crippen LogP contribution in [0.25, 0.3) is 0 Å². The summed E-state index contributed by atoms with van der Waals surface area (Å²) in [6, 6.07) is 0. The molecule has 4 atom stereocenters. The van der Waals surface area contributed by atoms with Gasteiger partial charge in [0.25, 0.3) is 0 Å². The molecule has 286 valence electrons. The molecule has 50 heavy (non-hydrogen) atoms. The van der Waals surface area contributed by atoms with Crippen LogP contribution in [0.4, 0.5) is 0 Å². The van der Waals surface area contributed by atoms with Crippen LogP contribution in [0.15, 0.2) is 35.7 Å². The first kappa shape index (κ1) is 43.7. The van der Waals surface area contributed by atoms with E-state index in [1.807, 2.05) is 19.3 Å². The van der Waals surface area contributed by atoms with Gasteiger partial charge in [0, 0.05) is 31.8 Å². The van der Waals surface area contributed by atoms with Crippen molar-refractivity contribution in [1.29, 1.82) is 0 Å². The Morgan fingerprint density at radius 2 is 1.30 bits per heavy atom. The maximum atomic E-state index is 12.2. The largest absolute Gasteiger partial charge is 0.466 e. The van der Waals surface area contributed by atoms with Crippen LogP contribution in [0.2, 0.25) is 0 Å². The number of carbonyl (C=O) groups is 2. The number of rotatable bonds is 30. The number of epoxide rings is 1. The second-order valence-electron chi connectivity index (χ2n) is 15.3. The number of aromatic nitrogens is 2. The Balaban J connectivity index is 1.62. The molecule has 2 heterocycles. The number of ether oxygens (including phenoxy) is 4. The van der Waals surface area contributed by atoms with Crippen LogP contribution in [0.5, 0.6) is 0 Å². The smallest absolute Gasteiger partial charge is 0.306 e. The summed E-state index contributed by atoms with van der Waals surface area (Å²) in [4.78, 5) is 28.7. The average Bonchev–Trinajstić information content (AvgIpc) is 3.65. The lowest BCUT2D eigenvalue weighted by Gasteiger charge is -2.17. The predicted octanol–water partition coefficient (Wildman–Crippen LogP) is 10.6. The van der Waals surface area contributed by atoms with E-state index in [4.69, 9.17) is 18.9 Å². The monoisotopic (exact) mass is 701 g/mol. The van der Waals surface area contributed by atoms with Crippen LogP contribution in [0.1, 0.15) is 163 Å². The van der Waals surface area contributed by atoms with E-state index in [1.165, 1.54) is 11.1 Å². The Labute approximate surface area is 305 Å². The van der Waals surface area contributed by atoms with Crippen molar-refractivity contribution in [3.05, 3.63) is 41.5 Å². The van der Waals surface area contributed by atoms with Crippen LogP contribution >= 0.6 is 0 Å². The van der Waals surface area contributed by atoms with Crippen molar-refractivity contribution in [3.63, 3.8) is 0 Å². The molecule has 8 nitrogen and oxygen atoms in total. The van der Waals surface area contributed by atoms with E-state index in [9.17, 15) is 9.59 Å². The molecule has 1 aromatic rings. The van der Waals surface area contributed by atoms with Gasteiger partial charge < -0.3 is 23.5 Å². The highest BCUT2D eigenvalue weighted by Gasteiger charge is 2.40. The molecule has 0 bridgehead atoms. The molecule has 8 heteroatoms. The second-order valence-corrected chi connectivity index (χ2v) is 15.3. The quantitative estimate of drug-likeness (QED) is 0.0341. The summed E-state index contributed by atoms with van der Waals surface area (Å²) in [7, 11) is 0. The summed E-state index contributed by atoms with van der Waals surface area (Å²) in [5, 5.41) is 0. The molecule has 4 unspecified atom stereocenters. The molecule has 0 spiro atoms. The van der Waals surface area contributed by atoms with E-state index in [-0.39, 0.29) is 30.4 Å². The summed E-state index contributed by atoms with van der Waals surface area (Å²) in [6.45, 7) is 16.7. The molecule has 1 aliphatic heterocycles. The molecule has 1 aliphatic rings. The normalized spacial score (nSPS) is 17.1. The van der Waals surface area contributed by atoms with E-state index >= 15 is 0 Å². The predicted molar refractivity (Wildman–Crippen MR) is 203 cm³/mol. The van der Waals surface area contributed by atoms with E-state index in [0.717, 1.165) is 115 Å². The van der Waals surface area contributed by atoms with Crippen molar-refractivity contribution in [2.24, 2.45) is 11.8 Å². The zero-order chi connectivity index (χ0) is 36.6. The van der Waals surface area contributed by atoms with Crippen molar-refractivity contribution < 1.29 is 28.5 Å². The van der Waals surface area contributed by atoms with Crippen molar-refractivity contribution in [2.45, 2.75) is 189 Å². The SMILES string of the molecule is CC(C)=CCCC(C)CC(=O)OCCCCCCC(CCCCCCOC(=O)CC(C)CCC=C(C)C)OC1OC1CCCn1ccnc1C. The summed E-state index contributed by atoms with van der Waals surface area (Å²) in [6.07, 6.45) is 26.2. The van der Waals surface area contributed by atoms with Crippen molar-refractivity contribution in [1.82, 2.24) is 9.55 Å². The fraction of sp³-hybridized carbons (Fsp3) is 0.786. The Hall–Kier alpha value is -2.45. The number of unbranched alkanes of at least 4 members (excludes halogenated alkanes) is 6. The number of imidazole rings is 1. The third-order valence-corrected chi connectivity index (χ3v) is 9.50. The number of hydrogen-bond acceptors (Lipinski definition) is 7. The molecule has 0 aliphatic carbocycles. The summed E-state index contributed by atoms with van der Waals surface area (Å²) >= 11 is 0. The van der Waals surface area contributed by atoms with Gasteiger partial charge in [-0.3, -0.25) is 9.59 Å². The van der Waals surface area contributed by atoms with E-state index in [2.05, 4.69) is 63.2 Å². The lowest BCUT2D eigenvalue weighted by atomic mass is 10.0. The molecular weight excluding hydrogens is 628 g/mol. The summed E-state index contributed by atoms with van der Waals surface area (Å²) in [5.41, 5.74) is 2.65. The van der Waals surface area contributed by atoms with Gasteiger partial charge in [-0.1, -0.05) is 75.7 Å². The first-order valence-electron chi connectivity index (χ1n) is 19.9. The van der Waals surface area contributed by atoms with E-state index in [1.54, 1.807) is 0 Å². The fourth-order valence-corrected chi connectivity index (χ4v) is 6.26.